The van der Waals surface area contributed by atoms with Gasteiger partial charge in [0.2, 0.25) is 0 Å². The summed E-state index contributed by atoms with van der Waals surface area (Å²) in [4.78, 5) is 2.99. The molecule has 4 rings (SSSR count). The molecule has 0 amide bonds. The number of aryl methyl sites for hydroxylation is 1. The van der Waals surface area contributed by atoms with Gasteiger partial charge in [-0.3, -0.25) is 10.4 Å². The average Bonchev–Trinajstić information content (AvgIpc) is 3.14. The number of nitrogens with one attached hydrogen (secondary N) is 2. The van der Waals surface area contributed by atoms with Crippen LogP contribution in [0.4, 0.5) is 23.4 Å². The molecule has 1 unspecified atom stereocenters. The summed E-state index contributed by atoms with van der Waals surface area (Å²) < 4.78 is 56.7. The minimum absolute atomic E-state index is 0.244. The quantitative estimate of drug-likeness (QED) is 0.351. The van der Waals surface area contributed by atoms with E-state index in [9.17, 15) is 22.7 Å². The molecule has 35 heavy (non-hydrogen) atoms. The number of alkyl halides is 3. The third-order valence-electron chi connectivity index (χ3n) is 6.58. The second kappa shape index (κ2) is 8.75. The van der Waals surface area contributed by atoms with Crippen LogP contribution >= 0.6 is 0 Å². The van der Waals surface area contributed by atoms with E-state index in [1.807, 2.05) is 43.5 Å². The van der Waals surface area contributed by atoms with Crippen LogP contribution in [0, 0.1) is 12.7 Å². The highest BCUT2D eigenvalue weighted by Gasteiger charge is 2.56. The number of hydrogen-bond donors (Lipinski definition) is 3. The number of halogens is 4. The monoisotopic (exact) mass is 487 g/mol. The van der Waals surface area contributed by atoms with Gasteiger partial charge in [-0.2, -0.15) is 13.2 Å². The van der Waals surface area contributed by atoms with E-state index in [1.54, 1.807) is 31.8 Å². The summed E-state index contributed by atoms with van der Waals surface area (Å²) in [6.45, 7) is 4.91. The number of aromatic amines is 1. The van der Waals surface area contributed by atoms with Crippen LogP contribution in [-0.4, -0.2) is 33.9 Å². The first-order valence-electron chi connectivity index (χ1n) is 11.3. The van der Waals surface area contributed by atoms with Gasteiger partial charge in [-0.15, -0.1) is 0 Å². The van der Waals surface area contributed by atoms with E-state index in [0.717, 1.165) is 11.3 Å². The van der Waals surface area contributed by atoms with Crippen molar-refractivity contribution in [3.63, 3.8) is 0 Å². The number of benzene rings is 2. The van der Waals surface area contributed by atoms with Crippen LogP contribution < -0.4 is 5.43 Å². The number of anilines is 1. The first kappa shape index (κ1) is 24.9. The Hall–Kier alpha value is -3.26. The van der Waals surface area contributed by atoms with Gasteiger partial charge in [-0.1, -0.05) is 50.2 Å². The number of H-pyrrole nitrogens is 1. The SMILES string of the molecule is Cc1ccc(F)cc1C(C)(C)CC(O)(Cc1cc2c([nH]1)NN(C)C(c1ccccc1)=C2)C(F)(F)F. The zero-order valence-corrected chi connectivity index (χ0v) is 20.1. The molecule has 2 aromatic carbocycles. The number of hydrazine groups is 1. The van der Waals surface area contributed by atoms with Crippen molar-refractivity contribution in [1.82, 2.24) is 9.99 Å². The number of hydrogen-bond acceptors (Lipinski definition) is 3. The van der Waals surface area contributed by atoms with Crippen molar-refractivity contribution in [2.75, 3.05) is 12.5 Å². The zero-order valence-electron chi connectivity index (χ0n) is 20.1. The predicted octanol–water partition coefficient (Wildman–Crippen LogP) is 6.44. The number of aliphatic hydroxyl groups is 1. The molecule has 8 heteroatoms. The topological polar surface area (TPSA) is 51.3 Å². The van der Waals surface area contributed by atoms with Gasteiger partial charge in [0.05, 0.1) is 5.70 Å². The van der Waals surface area contributed by atoms with Gasteiger partial charge in [0, 0.05) is 24.7 Å². The van der Waals surface area contributed by atoms with Crippen LogP contribution in [0.3, 0.4) is 0 Å². The lowest BCUT2D eigenvalue weighted by Crippen LogP contribution is -2.51. The minimum Gasteiger partial charge on any atom is -0.380 e. The summed E-state index contributed by atoms with van der Waals surface area (Å²) in [7, 11) is 1.82. The number of aromatic nitrogens is 1. The molecule has 0 fully saturated rings. The summed E-state index contributed by atoms with van der Waals surface area (Å²) in [6, 6.07) is 15.3. The Labute approximate surface area is 202 Å². The summed E-state index contributed by atoms with van der Waals surface area (Å²) >= 11 is 0. The van der Waals surface area contributed by atoms with E-state index in [-0.39, 0.29) is 5.69 Å². The first-order chi connectivity index (χ1) is 16.3. The van der Waals surface area contributed by atoms with E-state index in [4.69, 9.17) is 0 Å². The highest BCUT2D eigenvalue weighted by Crippen LogP contribution is 2.44. The molecule has 2 heterocycles. The summed E-state index contributed by atoms with van der Waals surface area (Å²) in [6.07, 6.45) is -4.31. The molecule has 186 valence electrons. The fourth-order valence-electron chi connectivity index (χ4n) is 4.92. The number of fused-ring (bicyclic) bond motifs is 1. The van der Waals surface area contributed by atoms with Crippen molar-refractivity contribution in [1.29, 1.82) is 0 Å². The van der Waals surface area contributed by atoms with Crippen LogP contribution in [0.1, 0.15) is 48.2 Å². The van der Waals surface area contributed by atoms with Crippen molar-refractivity contribution in [2.24, 2.45) is 0 Å². The van der Waals surface area contributed by atoms with E-state index < -0.39 is 35.9 Å². The van der Waals surface area contributed by atoms with Gasteiger partial charge >= 0.3 is 6.18 Å². The lowest BCUT2D eigenvalue weighted by molar-refractivity contribution is -0.266. The molecule has 0 spiro atoms. The minimum atomic E-state index is -4.90. The third-order valence-corrected chi connectivity index (χ3v) is 6.58. The molecule has 1 aromatic heterocycles. The zero-order chi connectivity index (χ0) is 25.6. The highest BCUT2D eigenvalue weighted by molar-refractivity contribution is 5.87. The Kier molecular flexibility index (Phi) is 6.21. The number of rotatable bonds is 6. The van der Waals surface area contributed by atoms with E-state index >= 15 is 0 Å². The largest absolute Gasteiger partial charge is 0.417 e. The number of nitrogens with zero attached hydrogens (tertiary/aromatic N) is 1. The Morgan fingerprint density at radius 2 is 1.69 bits per heavy atom. The molecule has 0 bridgehead atoms. The van der Waals surface area contributed by atoms with Crippen LogP contribution in [0.15, 0.2) is 54.6 Å². The average molecular weight is 488 g/mol. The van der Waals surface area contributed by atoms with Crippen molar-refractivity contribution in [3.8, 4) is 0 Å². The molecular formula is C27H29F4N3O. The normalized spacial score (nSPS) is 15.8. The fraction of sp³-hybridized carbons (Fsp3) is 0.333. The highest BCUT2D eigenvalue weighted by atomic mass is 19.4. The second-order valence-electron chi connectivity index (χ2n) is 9.92. The lowest BCUT2D eigenvalue weighted by Gasteiger charge is -2.38. The Morgan fingerprint density at radius 1 is 1.00 bits per heavy atom. The maximum atomic E-state index is 14.3. The fourth-order valence-corrected chi connectivity index (χ4v) is 4.92. The van der Waals surface area contributed by atoms with Gasteiger partial charge in [0.1, 0.15) is 11.6 Å². The summed E-state index contributed by atoms with van der Waals surface area (Å²) in [5, 5.41) is 12.8. The standard InChI is InChI=1S/C27H29F4N3O/c1-17-10-11-20(28)14-22(17)25(2,3)16-26(35,27(29,30)31)15-21-12-19-13-23(18-8-6-5-7-9-18)34(4)33-24(19)32-21/h5-14,32-33,35H,15-16H2,1-4H3. The molecule has 3 N–H and O–H groups in total. The van der Waals surface area contributed by atoms with Gasteiger partial charge in [0.15, 0.2) is 5.60 Å². The molecule has 0 saturated carbocycles. The maximum Gasteiger partial charge on any atom is 0.417 e. The molecule has 1 atom stereocenters. The lowest BCUT2D eigenvalue weighted by atomic mass is 9.72. The van der Waals surface area contributed by atoms with E-state index in [0.29, 0.717) is 22.5 Å². The van der Waals surface area contributed by atoms with Crippen LogP contribution in [0.5, 0.6) is 0 Å². The van der Waals surface area contributed by atoms with Gasteiger partial charge in [-0.25, -0.2) is 4.39 Å². The Balaban J connectivity index is 1.66. The molecule has 1 aliphatic heterocycles. The van der Waals surface area contributed by atoms with Crippen molar-refractivity contribution in [3.05, 3.63) is 88.4 Å². The van der Waals surface area contributed by atoms with Crippen LogP contribution in [0.25, 0.3) is 11.8 Å². The molecule has 0 saturated heterocycles. The Morgan fingerprint density at radius 3 is 2.34 bits per heavy atom. The first-order valence-corrected chi connectivity index (χ1v) is 11.3. The van der Waals surface area contributed by atoms with Crippen molar-refractivity contribution < 1.29 is 22.7 Å². The smallest absolute Gasteiger partial charge is 0.380 e. The predicted molar refractivity (Wildman–Crippen MR) is 130 cm³/mol. The van der Waals surface area contributed by atoms with Crippen LogP contribution in [0.2, 0.25) is 0 Å². The van der Waals surface area contributed by atoms with Crippen molar-refractivity contribution >= 4 is 17.6 Å². The molecule has 3 aromatic rings. The summed E-state index contributed by atoms with van der Waals surface area (Å²) in [5.74, 6) is 0.0226. The second-order valence-corrected chi connectivity index (χ2v) is 9.92. The van der Waals surface area contributed by atoms with E-state index in [2.05, 4.69) is 10.4 Å². The third kappa shape index (κ3) is 4.93. The van der Waals surface area contributed by atoms with Gasteiger partial charge in [0.25, 0.3) is 0 Å². The maximum absolute atomic E-state index is 14.3. The molecule has 0 aliphatic carbocycles. The molecule has 1 aliphatic rings. The summed E-state index contributed by atoms with van der Waals surface area (Å²) in [5.41, 5.74) is 2.84. The molecular weight excluding hydrogens is 458 g/mol. The van der Waals surface area contributed by atoms with E-state index in [1.165, 1.54) is 18.2 Å². The van der Waals surface area contributed by atoms with Crippen LogP contribution in [-0.2, 0) is 11.8 Å². The molecule has 0 radical (unpaired) electrons. The molecule has 4 nitrogen and oxygen atoms in total. The van der Waals surface area contributed by atoms with Gasteiger partial charge < -0.3 is 10.1 Å². The van der Waals surface area contributed by atoms with Crippen molar-refractivity contribution in [2.45, 2.75) is 50.8 Å². The Bertz CT molecular complexity index is 1250. The van der Waals surface area contributed by atoms with Gasteiger partial charge in [-0.05, 0) is 59.7 Å².